The Morgan fingerprint density at radius 3 is 2.91 bits per heavy atom. The number of hydrogen-bond donors (Lipinski definition) is 0. The number of ether oxygens (including phenoxy) is 1. The van der Waals surface area contributed by atoms with Crippen LogP contribution in [0.15, 0.2) is 42.5 Å². The zero-order valence-corrected chi connectivity index (χ0v) is 13.7. The van der Waals surface area contributed by atoms with Crippen LogP contribution < -0.4 is 9.64 Å². The third-order valence-electron chi connectivity index (χ3n) is 4.73. The lowest BCUT2D eigenvalue weighted by atomic mass is 9.95. The van der Waals surface area contributed by atoms with Gasteiger partial charge in [0.15, 0.2) is 6.10 Å². The van der Waals surface area contributed by atoms with Crippen molar-refractivity contribution in [3.8, 4) is 5.75 Å². The predicted molar refractivity (Wildman–Crippen MR) is 91.3 cm³/mol. The van der Waals surface area contributed by atoms with Crippen LogP contribution in [0.5, 0.6) is 5.75 Å². The fourth-order valence-electron chi connectivity index (χ4n) is 3.53. The number of rotatable bonds is 1. The SMILES string of the molecule is C[C@H]1CCc2ccccc2N1C(=O)[C@H]1Cc2cc(Cl)ccc2O1. The van der Waals surface area contributed by atoms with Crippen molar-refractivity contribution in [2.24, 2.45) is 0 Å². The Hall–Kier alpha value is -2.00. The molecule has 0 unspecified atom stereocenters. The summed E-state index contributed by atoms with van der Waals surface area (Å²) >= 11 is 6.04. The Bertz CT molecular complexity index is 774. The lowest BCUT2D eigenvalue weighted by molar-refractivity contribution is -0.125. The van der Waals surface area contributed by atoms with Gasteiger partial charge in [0.25, 0.3) is 5.91 Å². The summed E-state index contributed by atoms with van der Waals surface area (Å²) in [6, 6.07) is 13.9. The highest BCUT2D eigenvalue weighted by atomic mass is 35.5. The summed E-state index contributed by atoms with van der Waals surface area (Å²) in [4.78, 5) is 15.0. The zero-order valence-electron chi connectivity index (χ0n) is 13.0. The number of hydrogen-bond acceptors (Lipinski definition) is 2. The minimum atomic E-state index is -0.461. The molecule has 2 aromatic carbocycles. The Kier molecular flexibility index (Phi) is 3.53. The van der Waals surface area contributed by atoms with Crippen molar-refractivity contribution >= 4 is 23.2 Å². The van der Waals surface area contributed by atoms with Crippen LogP contribution in [0.2, 0.25) is 5.02 Å². The smallest absolute Gasteiger partial charge is 0.268 e. The van der Waals surface area contributed by atoms with Gasteiger partial charge < -0.3 is 9.64 Å². The molecule has 2 aliphatic rings. The van der Waals surface area contributed by atoms with E-state index in [4.69, 9.17) is 16.3 Å². The van der Waals surface area contributed by atoms with Crippen molar-refractivity contribution in [2.45, 2.75) is 38.3 Å². The van der Waals surface area contributed by atoms with Gasteiger partial charge in [-0.1, -0.05) is 29.8 Å². The van der Waals surface area contributed by atoms with Crippen molar-refractivity contribution in [3.05, 3.63) is 58.6 Å². The zero-order chi connectivity index (χ0) is 16.0. The van der Waals surface area contributed by atoms with E-state index in [0.29, 0.717) is 11.4 Å². The molecule has 2 aromatic rings. The molecule has 0 fully saturated rings. The molecule has 2 atom stereocenters. The minimum Gasteiger partial charge on any atom is -0.480 e. The molecule has 0 saturated carbocycles. The molecule has 0 aromatic heterocycles. The molecular weight excluding hydrogens is 310 g/mol. The van der Waals surface area contributed by atoms with Gasteiger partial charge in [0.2, 0.25) is 0 Å². The van der Waals surface area contributed by atoms with Crippen molar-refractivity contribution in [2.75, 3.05) is 4.90 Å². The molecule has 2 aliphatic heterocycles. The number of benzene rings is 2. The van der Waals surface area contributed by atoms with Crippen LogP contribution in [0.1, 0.15) is 24.5 Å². The Morgan fingerprint density at radius 2 is 2.04 bits per heavy atom. The summed E-state index contributed by atoms with van der Waals surface area (Å²) in [6.45, 7) is 2.10. The molecule has 0 spiro atoms. The van der Waals surface area contributed by atoms with Crippen LogP contribution in [-0.2, 0) is 17.6 Å². The molecule has 3 nitrogen and oxygen atoms in total. The maximum atomic E-state index is 13.1. The van der Waals surface area contributed by atoms with E-state index in [0.717, 1.165) is 29.8 Å². The first-order chi connectivity index (χ1) is 11.1. The highest BCUT2D eigenvalue weighted by molar-refractivity contribution is 6.30. The van der Waals surface area contributed by atoms with Gasteiger partial charge in [-0.2, -0.15) is 0 Å². The monoisotopic (exact) mass is 327 g/mol. The average Bonchev–Trinajstić information content (AvgIpc) is 2.97. The van der Waals surface area contributed by atoms with Gasteiger partial charge in [0.05, 0.1) is 0 Å². The largest absolute Gasteiger partial charge is 0.480 e. The number of para-hydroxylation sites is 1. The molecule has 0 aliphatic carbocycles. The van der Waals surface area contributed by atoms with Crippen LogP contribution >= 0.6 is 11.6 Å². The standard InChI is InChI=1S/C19H18ClNO2/c1-12-6-7-13-4-2-3-5-16(13)21(12)19(22)18-11-14-10-15(20)8-9-17(14)23-18/h2-5,8-10,12,18H,6-7,11H2,1H3/t12-,18+/m0/s1. The van der Waals surface area contributed by atoms with Crippen LogP contribution in [-0.4, -0.2) is 18.1 Å². The quantitative estimate of drug-likeness (QED) is 0.792. The van der Waals surface area contributed by atoms with E-state index >= 15 is 0 Å². The number of fused-ring (bicyclic) bond motifs is 2. The number of anilines is 1. The van der Waals surface area contributed by atoms with E-state index in [2.05, 4.69) is 13.0 Å². The van der Waals surface area contributed by atoms with Gasteiger partial charge in [0, 0.05) is 23.2 Å². The first kappa shape index (κ1) is 14.6. The summed E-state index contributed by atoms with van der Waals surface area (Å²) in [5, 5.41) is 0.678. The van der Waals surface area contributed by atoms with Crippen LogP contribution in [0.3, 0.4) is 0 Å². The van der Waals surface area contributed by atoms with Crippen molar-refractivity contribution in [1.29, 1.82) is 0 Å². The minimum absolute atomic E-state index is 0.0389. The molecule has 0 bridgehead atoms. The number of halogens is 1. The van der Waals surface area contributed by atoms with Gasteiger partial charge in [0.1, 0.15) is 5.75 Å². The molecule has 2 heterocycles. The van der Waals surface area contributed by atoms with E-state index in [1.54, 1.807) is 6.07 Å². The van der Waals surface area contributed by atoms with Gasteiger partial charge >= 0.3 is 0 Å². The summed E-state index contributed by atoms with van der Waals surface area (Å²) < 4.78 is 5.89. The lowest BCUT2D eigenvalue weighted by Crippen LogP contribution is -2.48. The number of nitrogens with zero attached hydrogens (tertiary/aromatic N) is 1. The van der Waals surface area contributed by atoms with Gasteiger partial charge in [-0.15, -0.1) is 0 Å². The summed E-state index contributed by atoms with van der Waals surface area (Å²) in [7, 11) is 0. The highest BCUT2D eigenvalue weighted by Crippen LogP contribution is 2.35. The second-order valence-electron chi connectivity index (χ2n) is 6.29. The fourth-order valence-corrected chi connectivity index (χ4v) is 3.73. The first-order valence-electron chi connectivity index (χ1n) is 7.99. The van der Waals surface area contributed by atoms with Crippen LogP contribution in [0.25, 0.3) is 0 Å². The maximum absolute atomic E-state index is 13.1. The molecule has 4 heteroatoms. The third-order valence-corrected chi connectivity index (χ3v) is 4.97. The third kappa shape index (κ3) is 2.49. The number of carbonyl (C=O) groups is 1. The Labute approximate surface area is 140 Å². The van der Waals surface area contributed by atoms with Crippen LogP contribution in [0.4, 0.5) is 5.69 Å². The van der Waals surface area contributed by atoms with Crippen molar-refractivity contribution in [1.82, 2.24) is 0 Å². The predicted octanol–water partition coefficient (Wildman–Crippen LogP) is 4.01. The molecule has 0 N–H and O–H groups in total. The molecule has 0 saturated heterocycles. The van der Waals surface area contributed by atoms with Gasteiger partial charge in [-0.3, -0.25) is 4.79 Å². The summed E-state index contributed by atoms with van der Waals surface area (Å²) in [6.07, 6.45) is 2.12. The van der Waals surface area contributed by atoms with Crippen molar-refractivity contribution in [3.63, 3.8) is 0 Å². The maximum Gasteiger partial charge on any atom is 0.268 e. The molecule has 23 heavy (non-hydrogen) atoms. The lowest BCUT2D eigenvalue weighted by Gasteiger charge is -2.36. The summed E-state index contributed by atoms with van der Waals surface area (Å²) in [5.74, 6) is 0.808. The van der Waals surface area contributed by atoms with E-state index in [1.807, 2.05) is 35.2 Å². The first-order valence-corrected chi connectivity index (χ1v) is 8.37. The molecule has 1 amide bonds. The molecular formula is C19H18ClNO2. The number of aryl methyl sites for hydroxylation is 1. The fraction of sp³-hybridized carbons (Fsp3) is 0.316. The number of amides is 1. The molecule has 118 valence electrons. The van der Waals surface area contributed by atoms with E-state index in [9.17, 15) is 4.79 Å². The topological polar surface area (TPSA) is 29.5 Å². The van der Waals surface area contributed by atoms with Gasteiger partial charge in [-0.05, 0) is 55.2 Å². The second kappa shape index (κ2) is 5.57. The number of carbonyl (C=O) groups excluding carboxylic acids is 1. The van der Waals surface area contributed by atoms with Crippen molar-refractivity contribution < 1.29 is 9.53 Å². The summed E-state index contributed by atoms with van der Waals surface area (Å²) in [5.41, 5.74) is 3.26. The Balaban J connectivity index is 1.63. The average molecular weight is 328 g/mol. The normalized spacial score (nSPS) is 22.3. The van der Waals surface area contributed by atoms with E-state index in [1.165, 1.54) is 5.56 Å². The van der Waals surface area contributed by atoms with Gasteiger partial charge in [-0.25, -0.2) is 0 Å². The van der Waals surface area contributed by atoms with E-state index < -0.39 is 6.10 Å². The molecule has 0 radical (unpaired) electrons. The Morgan fingerprint density at radius 1 is 1.22 bits per heavy atom. The second-order valence-corrected chi connectivity index (χ2v) is 6.72. The van der Waals surface area contributed by atoms with Crippen LogP contribution in [0, 0.1) is 0 Å². The van der Waals surface area contributed by atoms with E-state index in [-0.39, 0.29) is 11.9 Å². The molecule has 4 rings (SSSR count). The highest BCUT2D eigenvalue weighted by Gasteiger charge is 2.37.